The smallest absolute Gasteiger partial charge is 0.406 e. The van der Waals surface area contributed by atoms with Gasteiger partial charge >= 0.3 is 6.36 Å². The van der Waals surface area contributed by atoms with Crippen LogP contribution in [-0.2, 0) is 17.7 Å². The van der Waals surface area contributed by atoms with Gasteiger partial charge in [0, 0.05) is 36.7 Å². The van der Waals surface area contributed by atoms with Crippen molar-refractivity contribution in [2.24, 2.45) is 5.73 Å². The van der Waals surface area contributed by atoms with E-state index in [-0.39, 0.29) is 5.75 Å². The number of halogens is 3. The van der Waals surface area contributed by atoms with Crippen molar-refractivity contribution in [2.45, 2.75) is 52.9 Å². The number of hydrogen-bond acceptors (Lipinski definition) is 3. The minimum absolute atomic E-state index is 0.328. The molecule has 0 saturated heterocycles. The van der Waals surface area contributed by atoms with Crippen LogP contribution in [0.25, 0.3) is 11.1 Å². The normalized spacial score (nSPS) is 11.7. The number of ether oxygens (including phenoxy) is 2. The van der Waals surface area contributed by atoms with Crippen molar-refractivity contribution >= 4 is 5.91 Å². The van der Waals surface area contributed by atoms with Crippen LogP contribution in [0.1, 0.15) is 48.4 Å². The minimum atomic E-state index is -4.79. The van der Waals surface area contributed by atoms with Crippen molar-refractivity contribution in [3.8, 4) is 16.9 Å². The summed E-state index contributed by atoms with van der Waals surface area (Å²) in [5, 5.41) is 0. The first-order valence-corrected chi connectivity index (χ1v) is 9.65. The summed E-state index contributed by atoms with van der Waals surface area (Å²) < 4.78 is 49.4. The number of primary amides is 1. The minimum Gasteiger partial charge on any atom is -0.406 e. The van der Waals surface area contributed by atoms with E-state index in [0.29, 0.717) is 48.6 Å². The van der Waals surface area contributed by atoms with Crippen LogP contribution in [0.5, 0.6) is 5.75 Å². The molecule has 0 saturated carbocycles. The fourth-order valence-electron chi connectivity index (χ4n) is 3.53. The molecular formula is C21H27F3N2O3. The number of nitrogens with two attached hydrogens (primary N) is 1. The Balaban J connectivity index is 2.57. The van der Waals surface area contributed by atoms with Gasteiger partial charge in [0.2, 0.25) is 0 Å². The Morgan fingerprint density at radius 3 is 2.55 bits per heavy atom. The molecule has 0 spiro atoms. The van der Waals surface area contributed by atoms with Gasteiger partial charge in [0.25, 0.3) is 5.91 Å². The van der Waals surface area contributed by atoms with Gasteiger partial charge < -0.3 is 19.8 Å². The summed E-state index contributed by atoms with van der Waals surface area (Å²) >= 11 is 0. The van der Waals surface area contributed by atoms with Crippen LogP contribution in [0.4, 0.5) is 13.2 Å². The molecule has 160 valence electrons. The molecule has 2 rings (SSSR count). The van der Waals surface area contributed by atoms with Crippen LogP contribution in [0.3, 0.4) is 0 Å². The second-order valence-corrected chi connectivity index (χ2v) is 6.67. The second kappa shape index (κ2) is 9.82. The lowest BCUT2D eigenvalue weighted by molar-refractivity contribution is -0.274. The third kappa shape index (κ3) is 5.76. The molecule has 2 aromatic rings. The molecule has 1 aromatic heterocycles. The Kier molecular flexibility index (Phi) is 7.73. The Morgan fingerprint density at radius 2 is 1.97 bits per heavy atom. The van der Waals surface area contributed by atoms with E-state index in [1.54, 1.807) is 13.0 Å². The van der Waals surface area contributed by atoms with Crippen molar-refractivity contribution in [3.63, 3.8) is 0 Å². The van der Waals surface area contributed by atoms with Crippen LogP contribution >= 0.6 is 0 Å². The molecule has 0 aliphatic rings. The van der Waals surface area contributed by atoms with E-state index < -0.39 is 12.3 Å². The van der Waals surface area contributed by atoms with Gasteiger partial charge in [0.15, 0.2) is 0 Å². The predicted molar refractivity (Wildman–Crippen MR) is 105 cm³/mol. The average molecular weight is 412 g/mol. The number of carbonyl (C=O) groups is 1. The van der Waals surface area contributed by atoms with Gasteiger partial charge in [-0.25, -0.2) is 0 Å². The first kappa shape index (κ1) is 22.8. The average Bonchev–Trinajstić information content (AvgIpc) is 2.90. The molecule has 0 unspecified atom stereocenters. The molecule has 0 bridgehead atoms. The zero-order valence-corrected chi connectivity index (χ0v) is 16.9. The summed E-state index contributed by atoms with van der Waals surface area (Å²) in [6, 6.07) is 5.65. The third-order valence-electron chi connectivity index (χ3n) is 4.60. The lowest BCUT2D eigenvalue weighted by Gasteiger charge is -2.14. The van der Waals surface area contributed by atoms with Gasteiger partial charge in [-0.3, -0.25) is 4.79 Å². The first-order valence-electron chi connectivity index (χ1n) is 9.65. The summed E-state index contributed by atoms with van der Waals surface area (Å²) in [4.78, 5) is 12.2. The Bertz CT molecular complexity index is 844. The lowest BCUT2D eigenvalue weighted by Crippen LogP contribution is -2.17. The van der Waals surface area contributed by atoms with Crippen LogP contribution in [0, 0.1) is 6.92 Å². The van der Waals surface area contributed by atoms with Gasteiger partial charge in [-0.2, -0.15) is 0 Å². The zero-order valence-electron chi connectivity index (χ0n) is 16.9. The van der Waals surface area contributed by atoms with E-state index in [0.717, 1.165) is 18.5 Å². The molecule has 0 aliphatic heterocycles. The Labute approximate surface area is 168 Å². The fourth-order valence-corrected chi connectivity index (χ4v) is 3.53. The molecule has 0 aliphatic carbocycles. The van der Waals surface area contributed by atoms with E-state index in [9.17, 15) is 18.0 Å². The van der Waals surface area contributed by atoms with E-state index in [2.05, 4.69) is 4.74 Å². The summed E-state index contributed by atoms with van der Waals surface area (Å²) in [5.41, 5.74) is 8.60. The first-order chi connectivity index (χ1) is 13.7. The maximum absolute atomic E-state index is 12.6. The molecule has 1 amide bonds. The molecule has 2 N–H and O–H groups in total. The topological polar surface area (TPSA) is 66.5 Å². The molecule has 0 radical (unpaired) electrons. The highest BCUT2D eigenvalue weighted by molar-refractivity contribution is 6.02. The molecule has 5 nitrogen and oxygen atoms in total. The number of hydrogen-bond donors (Lipinski definition) is 1. The van der Waals surface area contributed by atoms with Gasteiger partial charge in [-0.15, -0.1) is 13.2 Å². The predicted octanol–water partition coefficient (Wildman–Crippen LogP) is 4.84. The highest BCUT2D eigenvalue weighted by atomic mass is 19.4. The molecule has 8 heteroatoms. The molecule has 1 aromatic carbocycles. The SMILES string of the molecule is CCCc1c(-c2cccc(OC(F)(F)F)c2)c(C(N)=O)c(C)n1CCCOCC. The van der Waals surface area contributed by atoms with Gasteiger partial charge in [-0.1, -0.05) is 25.5 Å². The number of aromatic nitrogens is 1. The Morgan fingerprint density at radius 1 is 1.24 bits per heavy atom. The molecule has 1 heterocycles. The van der Waals surface area contributed by atoms with Crippen molar-refractivity contribution in [2.75, 3.05) is 13.2 Å². The number of alkyl halides is 3. The monoisotopic (exact) mass is 412 g/mol. The number of amides is 1. The number of benzene rings is 1. The highest BCUT2D eigenvalue weighted by Crippen LogP contribution is 2.36. The molecule has 29 heavy (non-hydrogen) atoms. The van der Waals surface area contributed by atoms with Crippen LogP contribution in [0.15, 0.2) is 24.3 Å². The standard InChI is InChI=1S/C21H27F3N2O3/c1-4-8-17-19(15-9-6-10-16(13-15)29-21(22,23)24)18(20(25)27)14(3)26(17)11-7-12-28-5-2/h6,9-10,13H,4-5,7-8,11-12H2,1-3H3,(H2,25,27). The van der Waals surface area contributed by atoms with Crippen molar-refractivity contribution in [3.05, 3.63) is 41.2 Å². The van der Waals surface area contributed by atoms with Crippen molar-refractivity contribution < 1.29 is 27.4 Å². The van der Waals surface area contributed by atoms with Gasteiger partial charge in [0.1, 0.15) is 5.75 Å². The second-order valence-electron chi connectivity index (χ2n) is 6.67. The van der Waals surface area contributed by atoms with Crippen molar-refractivity contribution in [1.82, 2.24) is 4.57 Å². The summed E-state index contributed by atoms with van der Waals surface area (Å²) in [5.74, 6) is -0.949. The largest absolute Gasteiger partial charge is 0.573 e. The van der Waals surface area contributed by atoms with Gasteiger partial charge in [0.05, 0.1) is 5.56 Å². The summed E-state index contributed by atoms with van der Waals surface area (Å²) in [6.07, 6.45) is -2.59. The van der Waals surface area contributed by atoms with Crippen molar-refractivity contribution in [1.29, 1.82) is 0 Å². The summed E-state index contributed by atoms with van der Waals surface area (Å²) in [6.45, 7) is 7.55. The molecule has 0 atom stereocenters. The highest BCUT2D eigenvalue weighted by Gasteiger charge is 2.31. The Hall–Kier alpha value is -2.48. The maximum Gasteiger partial charge on any atom is 0.573 e. The molecular weight excluding hydrogens is 385 g/mol. The molecule has 0 fully saturated rings. The fraction of sp³-hybridized carbons (Fsp3) is 0.476. The lowest BCUT2D eigenvalue weighted by atomic mass is 9.98. The van der Waals surface area contributed by atoms with E-state index >= 15 is 0 Å². The maximum atomic E-state index is 12.6. The third-order valence-corrected chi connectivity index (χ3v) is 4.60. The van der Waals surface area contributed by atoms with Gasteiger partial charge in [-0.05, 0) is 44.4 Å². The quantitative estimate of drug-likeness (QED) is 0.568. The van der Waals surface area contributed by atoms with E-state index in [1.165, 1.54) is 18.2 Å². The number of nitrogens with zero attached hydrogens (tertiary/aromatic N) is 1. The number of carbonyl (C=O) groups excluding carboxylic acids is 1. The number of rotatable bonds is 10. The zero-order chi connectivity index (χ0) is 21.6. The summed E-state index contributed by atoms with van der Waals surface area (Å²) in [7, 11) is 0. The van der Waals surface area contributed by atoms with Crippen LogP contribution < -0.4 is 10.5 Å². The van der Waals surface area contributed by atoms with E-state index in [4.69, 9.17) is 10.5 Å². The van der Waals surface area contributed by atoms with E-state index in [1.807, 2.05) is 18.4 Å². The van der Waals surface area contributed by atoms with Crippen LogP contribution in [-0.4, -0.2) is 30.1 Å². The van der Waals surface area contributed by atoms with Crippen LogP contribution in [0.2, 0.25) is 0 Å².